The van der Waals surface area contributed by atoms with Gasteiger partial charge < -0.3 is 41.2 Å². The summed E-state index contributed by atoms with van der Waals surface area (Å²) in [6, 6.07) is 4.17. The molecule has 39 heavy (non-hydrogen) atoms. The van der Waals surface area contributed by atoms with Crippen molar-refractivity contribution in [3.05, 3.63) is 23.8 Å². The molecule has 1 rings (SSSR count). The minimum absolute atomic E-state index is 0. The Hall–Kier alpha value is -2.11. The number of amides is 2. The number of nitrogens with two attached hydrogens (primary N) is 2. The highest BCUT2D eigenvalue weighted by atomic mass is 35.5. The molecule has 0 bridgehead atoms. The van der Waals surface area contributed by atoms with Crippen molar-refractivity contribution in [1.29, 1.82) is 0 Å². The summed E-state index contributed by atoms with van der Waals surface area (Å²) in [5.41, 5.74) is 12.8. The van der Waals surface area contributed by atoms with E-state index in [0.29, 0.717) is 37.1 Å². The van der Waals surface area contributed by atoms with E-state index in [-0.39, 0.29) is 30.7 Å². The van der Waals surface area contributed by atoms with Crippen LogP contribution in [0.3, 0.4) is 0 Å². The molecule has 0 fully saturated rings. The van der Waals surface area contributed by atoms with E-state index in [1.54, 1.807) is 14.2 Å². The lowest BCUT2D eigenvalue weighted by atomic mass is 9.80. The number of hydrogen-bond donors (Lipinski definition) is 5. The number of carbonyl (C=O) groups is 2. The average Bonchev–Trinajstić information content (AvgIpc) is 2.87. The minimum Gasteiger partial charge on any atom is -0.493 e. The van der Waals surface area contributed by atoms with Gasteiger partial charge in [0.1, 0.15) is 6.04 Å². The number of ether oxygens (including phenoxy) is 3. The number of primary amides is 1. The van der Waals surface area contributed by atoms with Gasteiger partial charge in [0.2, 0.25) is 11.8 Å². The van der Waals surface area contributed by atoms with Gasteiger partial charge in [-0.1, -0.05) is 33.8 Å². The molecule has 0 radical (unpaired) electrons. The zero-order valence-corrected chi connectivity index (χ0v) is 25.0. The standard InChI is InChI=1S/C28H49N3O7.ClH/c1-17(2)20(12-19-8-9-25(37-6)26(13-19)38-11-7-10-36-5)14-22(29)24(33)15-21(18(3)4)28(35)31-23(16-32)27(30)34;/h8-9,13,17-18,20-24,32-33H,7,10-12,14-16,29H2,1-6H3,(H2,30,34)(H,31,35);1H/t20-,21-,22-,23-,24-;/m0./s1. The molecule has 10 nitrogen and oxygen atoms in total. The monoisotopic (exact) mass is 575 g/mol. The maximum absolute atomic E-state index is 12.8. The Kier molecular flexibility index (Phi) is 18.0. The van der Waals surface area contributed by atoms with Gasteiger partial charge in [0.05, 0.1) is 26.4 Å². The maximum Gasteiger partial charge on any atom is 0.242 e. The molecule has 1 aromatic rings. The predicted octanol–water partition coefficient (Wildman–Crippen LogP) is 2.05. The molecule has 226 valence electrons. The molecule has 0 heterocycles. The number of aliphatic hydroxyl groups excluding tert-OH is 2. The lowest BCUT2D eigenvalue weighted by Crippen LogP contribution is -2.50. The highest BCUT2D eigenvalue weighted by Gasteiger charge is 2.31. The summed E-state index contributed by atoms with van der Waals surface area (Å²) in [5.74, 6) is -0.162. The average molecular weight is 576 g/mol. The molecule has 2 amide bonds. The van der Waals surface area contributed by atoms with E-state index in [1.165, 1.54) is 0 Å². The van der Waals surface area contributed by atoms with Crippen molar-refractivity contribution in [2.24, 2.45) is 35.1 Å². The maximum atomic E-state index is 12.8. The SMILES string of the molecule is COCCCOc1cc(C[C@@H](C[C@H](N)[C@@H](O)C[C@H](C(=O)N[C@@H](CO)C(N)=O)C(C)C)C(C)C)ccc1OC.Cl. The summed E-state index contributed by atoms with van der Waals surface area (Å²) < 4.78 is 16.4. The number of rotatable bonds is 19. The fourth-order valence-electron chi connectivity index (χ4n) is 4.35. The van der Waals surface area contributed by atoms with Crippen molar-refractivity contribution < 1.29 is 34.0 Å². The number of benzene rings is 1. The fourth-order valence-corrected chi connectivity index (χ4v) is 4.35. The van der Waals surface area contributed by atoms with E-state index >= 15 is 0 Å². The number of aliphatic hydroxyl groups is 2. The first kappa shape index (κ1) is 36.9. The zero-order valence-electron chi connectivity index (χ0n) is 24.2. The lowest BCUT2D eigenvalue weighted by molar-refractivity contribution is -0.132. The highest BCUT2D eigenvalue weighted by Crippen LogP contribution is 2.31. The normalized spacial score (nSPS) is 15.2. The van der Waals surface area contributed by atoms with Crippen molar-refractivity contribution in [3.8, 4) is 11.5 Å². The molecular weight excluding hydrogens is 526 g/mol. The van der Waals surface area contributed by atoms with Crippen molar-refractivity contribution in [2.75, 3.05) is 34.0 Å². The molecular formula is C28H50ClN3O7. The summed E-state index contributed by atoms with van der Waals surface area (Å²) in [6.45, 7) is 8.50. The first-order chi connectivity index (χ1) is 17.9. The summed E-state index contributed by atoms with van der Waals surface area (Å²) >= 11 is 0. The van der Waals surface area contributed by atoms with Gasteiger partial charge >= 0.3 is 0 Å². The number of methoxy groups -OCH3 is 2. The Morgan fingerprint density at radius 3 is 2.21 bits per heavy atom. The molecule has 0 saturated heterocycles. The van der Waals surface area contributed by atoms with E-state index in [9.17, 15) is 19.8 Å². The number of carbonyl (C=O) groups excluding carboxylic acids is 2. The van der Waals surface area contributed by atoms with Gasteiger partial charge in [-0.05, 0) is 54.7 Å². The second kappa shape index (κ2) is 19.0. The first-order valence-electron chi connectivity index (χ1n) is 13.4. The van der Waals surface area contributed by atoms with Crippen LogP contribution in [0.25, 0.3) is 0 Å². The van der Waals surface area contributed by atoms with E-state index < -0.39 is 42.5 Å². The molecule has 11 heteroatoms. The molecule has 0 aliphatic heterocycles. The van der Waals surface area contributed by atoms with Crippen molar-refractivity contribution >= 4 is 24.2 Å². The van der Waals surface area contributed by atoms with Crippen molar-refractivity contribution in [3.63, 3.8) is 0 Å². The third kappa shape index (κ3) is 12.7. The van der Waals surface area contributed by atoms with Crippen LogP contribution >= 0.6 is 12.4 Å². The van der Waals surface area contributed by atoms with E-state index in [0.717, 1.165) is 18.4 Å². The van der Waals surface area contributed by atoms with Gasteiger partial charge in [-0.2, -0.15) is 0 Å². The molecule has 7 N–H and O–H groups in total. The molecule has 0 spiro atoms. The van der Waals surface area contributed by atoms with Gasteiger partial charge in [-0.25, -0.2) is 0 Å². The molecule has 0 aromatic heterocycles. The topological polar surface area (TPSA) is 166 Å². The Morgan fingerprint density at radius 1 is 1.03 bits per heavy atom. The van der Waals surface area contributed by atoms with Crippen LogP contribution < -0.4 is 26.3 Å². The molecule has 0 aliphatic carbocycles. The zero-order chi connectivity index (χ0) is 28.8. The van der Waals surface area contributed by atoms with Gasteiger partial charge in [-0.3, -0.25) is 9.59 Å². The number of hydrogen-bond acceptors (Lipinski definition) is 8. The molecule has 0 saturated carbocycles. The quantitative estimate of drug-likeness (QED) is 0.156. The lowest BCUT2D eigenvalue weighted by Gasteiger charge is -2.30. The van der Waals surface area contributed by atoms with Crippen LogP contribution in [0.15, 0.2) is 18.2 Å². The fraction of sp³-hybridized carbons (Fsp3) is 0.714. The highest BCUT2D eigenvalue weighted by molar-refractivity contribution is 5.87. The van der Waals surface area contributed by atoms with Crippen molar-refractivity contribution in [1.82, 2.24) is 5.32 Å². The Labute approximate surface area is 239 Å². The van der Waals surface area contributed by atoms with Crippen LogP contribution in [-0.4, -0.2) is 74.3 Å². The van der Waals surface area contributed by atoms with Crippen LogP contribution in [0.2, 0.25) is 0 Å². The van der Waals surface area contributed by atoms with Crippen LogP contribution in [0, 0.1) is 23.7 Å². The largest absolute Gasteiger partial charge is 0.493 e. The third-order valence-corrected chi connectivity index (χ3v) is 6.97. The van der Waals surface area contributed by atoms with Gasteiger partial charge in [0.25, 0.3) is 0 Å². The smallest absolute Gasteiger partial charge is 0.242 e. The summed E-state index contributed by atoms with van der Waals surface area (Å²) in [6.07, 6.45) is 1.27. The van der Waals surface area contributed by atoms with Crippen molar-refractivity contribution in [2.45, 2.75) is 71.6 Å². The Morgan fingerprint density at radius 2 is 1.69 bits per heavy atom. The molecule has 0 unspecified atom stereocenters. The van der Waals surface area contributed by atoms with Gasteiger partial charge in [0.15, 0.2) is 11.5 Å². The van der Waals surface area contributed by atoms with Crippen LogP contribution in [0.4, 0.5) is 0 Å². The molecule has 1 aromatic carbocycles. The Bertz CT molecular complexity index is 856. The van der Waals surface area contributed by atoms with Gasteiger partial charge in [0, 0.05) is 32.1 Å². The molecule has 0 aliphatic rings. The summed E-state index contributed by atoms with van der Waals surface area (Å²) in [5, 5.41) is 22.7. The summed E-state index contributed by atoms with van der Waals surface area (Å²) in [4.78, 5) is 24.2. The molecule has 5 atom stereocenters. The number of halogens is 1. The van der Waals surface area contributed by atoms with Gasteiger partial charge in [-0.15, -0.1) is 12.4 Å². The van der Waals surface area contributed by atoms with Crippen LogP contribution in [0.5, 0.6) is 11.5 Å². The van der Waals surface area contributed by atoms with E-state index in [4.69, 9.17) is 25.7 Å². The van der Waals surface area contributed by atoms with Crippen LogP contribution in [-0.2, 0) is 20.7 Å². The minimum atomic E-state index is -1.17. The van der Waals surface area contributed by atoms with E-state index in [2.05, 4.69) is 19.2 Å². The first-order valence-corrected chi connectivity index (χ1v) is 13.4. The third-order valence-electron chi connectivity index (χ3n) is 6.97. The summed E-state index contributed by atoms with van der Waals surface area (Å²) in [7, 11) is 3.26. The van der Waals surface area contributed by atoms with E-state index in [1.807, 2.05) is 32.0 Å². The van der Waals surface area contributed by atoms with Crippen LogP contribution in [0.1, 0.15) is 52.5 Å². The Balaban J connectivity index is 0.0000144. The predicted molar refractivity (Wildman–Crippen MR) is 154 cm³/mol. The number of nitrogens with one attached hydrogen (secondary N) is 1. The second-order valence-corrected chi connectivity index (χ2v) is 10.6. The second-order valence-electron chi connectivity index (χ2n) is 10.6.